The lowest BCUT2D eigenvalue weighted by Gasteiger charge is -2.32. The van der Waals surface area contributed by atoms with Gasteiger partial charge in [-0.2, -0.15) is 0 Å². The summed E-state index contributed by atoms with van der Waals surface area (Å²) < 4.78 is 5.95. The molecule has 2 heterocycles. The number of hydrogen-bond donors (Lipinski definition) is 0. The van der Waals surface area contributed by atoms with Gasteiger partial charge in [-0.1, -0.05) is 24.8 Å². The van der Waals surface area contributed by atoms with Crippen LogP contribution in [0.1, 0.15) is 19.3 Å². The zero-order valence-corrected chi connectivity index (χ0v) is 13.9. The van der Waals surface area contributed by atoms with Crippen molar-refractivity contribution in [1.82, 2.24) is 9.80 Å². The predicted molar refractivity (Wildman–Crippen MR) is 91.6 cm³/mol. The maximum Gasteiger partial charge on any atom is 0.245 e. The van der Waals surface area contributed by atoms with Crippen LogP contribution in [0.25, 0.3) is 0 Å². The fraction of sp³-hybridized carbons (Fsp3) is 0.474. The lowest BCUT2D eigenvalue weighted by molar-refractivity contribution is -0.138. The molecule has 2 aliphatic rings. The van der Waals surface area contributed by atoms with Gasteiger partial charge in [-0.05, 0) is 31.1 Å². The minimum atomic E-state index is -0.0432. The van der Waals surface area contributed by atoms with E-state index in [1.165, 1.54) is 6.08 Å². The summed E-state index contributed by atoms with van der Waals surface area (Å²) in [6.07, 6.45) is 3.75. The van der Waals surface area contributed by atoms with Crippen molar-refractivity contribution in [3.05, 3.63) is 43.0 Å². The molecular weight excluding hydrogens is 304 g/mol. The number of amides is 2. The first-order valence-electron chi connectivity index (χ1n) is 8.59. The molecule has 3 rings (SSSR count). The molecule has 2 saturated heterocycles. The van der Waals surface area contributed by atoms with Crippen LogP contribution >= 0.6 is 0 Å². The summed E-state index contributed by atoms with van der Waals surface area (Å²) in [5, 5.41) is 0. The second kappa shape index (κ2) is 7.51. The van der Waals surface area contributed by atoms with E-state index in [0.29, 0.717) is 19.6 Å². The third-order valence-electron chi connectivity index (χ3n) is 4.83. The van der Waals surface area contributed by atoms with E-state index in [1.807, 2.05) is 35.2 Å². The highest BCUT2D eigenvalue weighted by atomic mass is 16.5. The SMILES string of the molecule is C=CC(=O)N1CCC(C(=O)N2CC[C@@H](Oc3ccccc3)C2)CC1. The lowest BCUT2D eigenvalue weighted by atomic mass is 9.95. The van der Waals surface area contributed by atoms with Gasteiger partial charge in [-0.25, -0.2) is 0 Å². The number of rotatable bonds is 4. The molecule has 1 atom stereocenters. The third-order valence-corrected chi connectivity index (χ3v) is 4.83. The summed E-state index contributed by atoms with van der Waals surface area (Å²) in [4.78, 5) is 28.0. The molecule has 0 unspecified atom stereocenters. The topological polar surface area (TPSA) is 49.9 Å². The Kier molecular flexibility index (Phi) is 5.18. The molecule has 0 aliphatic carbocycles. The molecule has 2 amide bonds. The number of carbonyl (C=O) groups is 2. The van der Waals surface area contributed by atoms with Gasteiger partial charge in [0.05, 0.1) is 6.54 Å². The van der Waals surface area contributed by atoms with E-state index >= 15 is 0 Å². The summed E-state index contributed by atoms with van der Waals surface area (Å²) >= 11 is 0. The van der Waals surface area contributed by atoms with Gasteiger partial charge >= 0.3 is 0 Å². The highest BCUT2D eigenvalue weighted by molar-refractivity contribution is 5.87. The molecule has 24 heavy (non-hydrogen) atoms. The quantitative estimate of drug-likeness (QED) is 0.795. The minimum absolute atomic E-state index is 0.0225. The zero-order valence-electron chi connectivity index (χ0n) is 13.9. The molecule has 0 N–H and O–H groups in total. The van der Waals surface area contributed by atoms with E-state index in [9.17, 15) is 9.59 Å². The summed E-state index contributed by atoms with van der Waals surface area (Å²) in [5.41, 5.74) is 0. The smallest absolute Gasteiger partial charge is 0.245 e. The Morgan fingerprint density at radius 3 is 2.38 bits per heavy atom. The summed E-state index contributed by atoms with van der Waals surface area (Å²) in [5.74, 6) is 1.04. The van der Waals surface area contributed by atoms with Gasteiger partial charge in [0.2, 0.25) is 11.8 Å². The zero-order chi connectivity index (χ0) is 16.9. The van der Waals surface area contributed by atoms with Gasteiger partial charge in [0, 0.05) is 32.0 Å². The molecule has 0 aromatic heterocycles. The monoisotopic (exact) mass is 328 g/mol. The number of benzene rings is 1. The molecular formula is C19H24N2O3. The van der Waals surface area contributed by atoms with Crippen molar-refractivity contribution in [2.45, 2.75) is 25.4 Å². The van der Waals surface area contributed by atoms with Crippen molar-refractivity contribution in [2.24, 2.45) is 5.92 Å². The van der Waals surface area contributed by atoms with Crippen molar-refractivity contribution in [3.63, 3.8) is 0 Å². The van der Waals surface area contributed by atoms with E-state index in [0.717, 1.165) is 31.6 Å². The molecule has 2 fully saturated rings. The lowest BCUT2D eigenvalue weighted by Crippen LogP contribution is -2.43. The number of para-hydroxylation sites is 1. The van der Waals surface area contributed by atoms with Crippen LogP contribution in [0.5, 0.6) is 5.75 Å². The second-order valence-electron chi connectivity index (χ2n) is 6.43. The number of carbonyl (C=O) groups excluding carboxylic acids is 2. The number of nitrogens with zero attached hydrogens (tertiary/aromatic N) is 2. The van der Waals surface area contributed by atoms with Crippen LogP contribution in [-0.2, 0) is 9.59 Å². The highest BCUT2D eigenvalue weighted by Crippen LogP contribution is 2.24. The average Bonchev–Trinajstić information content (AvgIpc) is 3.10. The fourth-order valence-electron chi connectivity index (χ4n) is 3.45. The van der Waals surface area contributed by atoms with E-state index in [2.05, 4.69) is 6.58 Å². The molecule has 0 radical (unpaired) electrons. The van der Waals surface area contributed by atoms with Crippen molar-refractivity contribution in [2.75, 3.05) is 26.2 Å². The Bertz CT molecular complexity index is 594. The van der Waals surface area contributed by atoms with Crippen molar-refractivity contribution in [1.29, 1.82) is 0 Å². The van der Waals surface area contributed by atoms with Gasteiger partial charge < -0.3 is 14.5 Å². The maximum absolute atomic E-state index is 12.7. The first kappa shape index (κ1) is 16.6. The van der Waals surface area contributed by atoms with Gasteiger partial charge in [-0.15, -0.1) is 0 Å². The predicted octanol–water partition coefficient (Wildman–Crippen LogP) is 2.09. The van der Waals surface area contributed by atoms with Crippen LogP contribution in [-0.4, -0.2) is 53.9 Å². The molecule has 5 nitrogen and oxygen atoms in total. The van der Waals surface area contributed by atoms with Gasteiger partial charge in [0.1, 0.15) is 11.9 Å². The van der Waals surface area contributed by atoms with Gasteiger partial charge in [0.15, 0.2) is 0 Å². The van der Waals surface area contributed by atoms with E-state index in [1.54, 1.807) is 4.90 Å². The molecule has 128 valence electrons. The molecule has 1 aromatic rings. The molecule has 0 bridgehead atoms. The van der Waals surface area contributed by atoms with Crippen LogP contribution in [0.4, 0.5) is 0 Å². The molecule has 0 saturated carbocycles. The van der Waals surface area contributed by atoms with Crippen LogP contribution in [0.15, 0.2) is 43.0 Å². The number of ether oxygens (including phenoxy) is 1. The van der Waals surface area contributed by atoms with Crippen molar-refractivity contribution in [3.8, 4) is 5.75 Å². The van der Waals surface area contributed by atoms with E-state index < -0.39 is 0 Å². The van der Waals surface area contributed by atoms with Crippen LogP contribution in [0, 0.1) is 5.92 Å². The second-order valence-corrected chi connectivity index (χ2v) is 6.43. The number of likely N-dealkylation sites (tertiary alicyclic amines) is 2. The first-order chi connectivity index (χ1) is 11.7. The molecule has 0 spiro atoms. The Hall–Kier alpha value is -2.30. The van der Waals surface area contributed by atoms with E-state index in [4.69, 9.17) is 4.74 Å². The third kappa shape index (κ3) is 3.78. The molecule has 2 aliphatic heterocycles. The molecule has 1 aromatic carbocycles. The average molecular weight is 328 g/mol. The normalized spacial score (nSPS) is 21.6. The minimum Gasteiger partial charge on any atom is -0.489 e. The number of hydrogen-bond acceptors (Lipinski definition) is 3. The standard InChI is InChI=1S/C19H24N2O3/c1-2-18(22)20-11-8-15(9-12-20)19(23)21-13-10-17(14-21)24-16-6-4-3-5-7-16/h2-7,15,17H,1,8-14H2/t17-/m1/s1. The first-order valence-corrected chi connectivity index (χ1v) is 8.59. The Balaban J connectivity index is 1.48. The van der Waals surface area contributed by atoms with Gasteiger partial charge in [0.25, 0.3) is 0 Å². The maximum atomic E-state index is 12.7. The Morgan fingerprint density at radius 1 is 1.04 bits per heavy atom. The number of piperidine rings is 1. The van der Waals surface area contributed by atoms with Crippen molar-refractivity contribution < 1.29 is 14.3 Å². The summed E-state index contributed by atoms with van der Waals surface area (Å²) in [7, 11) is 0. The fourth-order valence-corrected chi connectivity index (χ4v) is 3.45. The summed E-state index contributed by atoms with van der Waals surface area (Å²) in [6, 6.07) is 9.74. The Labute approximate surface area is 142 Å². The van der Waals surface area contributed by atoms with Crippen LogP contribution in [0.2, 0.25) is 0 Å². The van der Waals surface area contributed by atoms with Gasteiger partial charge in [-0.3, -0.25) is 9.59 Å². The highest BCUT2D eigenvalue weighted by Gasteiger charge is 2.34. The van der Waals surface area contributed by atoms with E-state index in [-0.39, 0.29) is 23.8 Å². The largest absolute Gasteiger partial charge is 0.489 e. The van der Waals surface area contributed by atoms with Crippen LogP contribution in [0.3, 0.4) is 0 Å². The molecule has 5 heteroatoms. The van der Waals surface area contributed by atoms with Crippen molar-refractivity contribution >= 4 is 11.8 Å². The van der Waals surface area contributed by atoms with Crippen LogP contribution < -0.4 is 4.74 Å². The summed E-state index contributed by atoms with van der Waals surface area (Å²) in [6.45, 7) is 6.20. The Morgan fingerprint density at radius 2 is 1.71 bits per heavy atom.